The summed E-state index contributed by atoms with van der Waals surface area (Å²) in [6.07, 6.45) is -0.402. The van der Waals surface area contributed by atoms with Gasteiger partial charge in [-0.2, -0.15) is 0 Å². The van der Waals surface area contributed by atoms with Gasteiger partial charge in [0.1, 0.15) is 5.60 Å². The Morgan fingerprint density at radius 1 is 1.29 bits per heavy atom. The molecule has 1 aromatic heterocycles. The zero-order chi connectivity index (χ0) is 10.9. The van der Waals surface area contributed by atoms with E-state index in [4.69, 9.17) is 4.74 Å². The average molecular weight is 325 g/mol. The molecule has 3 nitrogen and oxygen atoms in total. The van der Waals surface area contributed by atoms with Crippen molar-refractivity contribution in [3.63, 3.8) is 0 Å². The highest BCUT2D eigenvalue weighted by Gasteiger charge is 2.20. The van der Waals surface area contributed by atoms with Gasteiger partial charge >= 0.3 is 6.09 Å². The van der Waals surface area contributed by atoms with Crippen LogP contribution < -0.4 is 0 Å². The number of carbonyl (C=O) groups is 1. The molecule has 0 bridgehead atoms. The molecule has 0 saturated heterocycles. The highest BCUT2D eigenvalue weighted by atomic mass is 79.9. The van der Waals surface area contributed by atoms with Crippen molar-refractivity contribution >= 4 is 38.0 Å². The molecule has 0 N–H and O–H groups in total. The number of hydrogen-bond acceptors (Lipinski definition) is 2. The summed E-state index contributed by atoms with van der Waals surface area (Å²) in [6.45, 7) is 5.49. The van der Waals surface area contributed by atoms with Crippen LogP contribution in [0, 0.1) is 0 Å². The molecule has 0 spiro atoms. The second kappa shape index (κ2) is 4.06. The number of aromatic nitrogens is 1. The van der Waals surface area contributed by atoms with Gasteiger partial charge in [0.2, 0.25) is 0 Å². The van der Waals surface area contributed by atoms with Crippen molar-refractivity contribution in [1.82, 2.24) is 4.57 Å². The van der Waals surface area contributed by atoms with E-state index in [1.165, 1.54) is 4.57 Å². The van der Waals surface area contributed by atoms with Crippen LogP contribution in [-0.2, 0) is 4.74 Å². The zero-order valence-corrected chi connectivity index (χ0v) is 11.3. The molecule has 0 unspecified atom stereocenters. The summed E-state index contributed by atoms with van der Waals surface area (Å²) in [4.78, 5) is 11.6. The van der Waals surface area contributed by atoms with Gasteiger partial charge in [0.05, 0.1) is 9.21 Å². The molecule has 5 heteroatoms. The van der Waals surface area contributed by atoms with Gasteiger partial charge in [-0.3, -0.25) is 0 Å². The van der Waals surface area contributed by atoms with E-state index in [0.717, 1.165) is 0 Å². The molecule has 0 amide bonds. The van der Waals surface area contributed by atoms with E-state index in [-0.39, 0.29) is 0 Å². The summed E-state index contributed by atoms with van der Waals surface area (Å²) in [7, 11) is 0. The molecule has 78 valence electrons. The first-order valence-electron chi connectivity index (χ1n) is 4.07. The van der Waals surface area contributed by atoms with Crippen LogP contribution in [0.1, 0.15) is 20.8 Å². The first kappa shape index (κ1) is 11.8. The summed E-state index contributed by atoms with van der Waals surface area (Å²) in [5, 5.41) is 0. The van der Waals surface area contributed by atoms with Crippen molar-refractivity contribution < 1.29 is 9.53 Å². The lowest BCUT2D eigenvalue weighted by Gasteiger charge is -2.20. The number of carbonyl (C=O) groups excluding carboxylic acids is 1. The van der Waals surface area contributed by atoms with Gasteiger partial charge in [0.15, 0.2) is 0 Å². The lowest BCUT2D eigenvalue weighted by molar-refractivity contribution is 0.0530. The Kier molecular flexibility index (Phi) is 3.42. The van der Waals surface area contributed by atoms with Crippen LogP contribution in [0.4, 0.5) is 4.79 Å². The van der Waals surface area contributed by atoms with Crippen LogP contribution >= 0.6 is 31.9 Å². The summed E-state index contributed by atoms with van der Waals surface area (Å²) in [5.74, 6) is 0. The average Bonchev–Trinajstić information content (AvgIpc) is 2.27. The maximum absolute atomic E-state index is 11.6. The molecule has 1 rings (SSSR count). The fraction of sp³-hybridized carbons (Fsp3) is 0.444. The molecule has 0 aliphatic heterocycles. The van der Waals surface area contributed by atoms with Gasteiger partial charge in [-0.25, -0.2) is 9.36 Å². The van der Waals surface area contributed by atoms with Crippen molar-refractivity contribution in [2.75, 3.05) is 0 Å². The SMILES string of the molecule is CC(C)(C)OC(=O)n1c(Br)ccc1Br. The summed E-state index contributed by atoms with van der Waals surface area (Å²) >= 11 is 6.51. The maximum atomic E-state index is 11.6. The first-order chi connectivity index (χ1) is 6.31. The third-order valence-corrected chi connectivity index (χ3v) is 2.60. The molecule has 0 aliphatic rings. The standard InChI is InChI=1S/C9H11Br2NO2/c1-9(2,3)14-8(13)12-6(10)4-5-7(12)11/h4-5H,1-3H3. The van der Waals surface area contributed by atoms with E-state index >= 15 is 0 Å². The van der Waals surface area contributed by atoms with Crippen molar-refractivity contribution in [3.8, 4) is 0 Å². The van der Waals surface area contributed by atoms with Crippen molar-refractivity contribution in [2.45, 2.75) is 26.4 Å². The van der Waals surface area contributed by atoms with Crippen LogP contribution in [0.15, 0.2) is 21.3 Å². The van der Waals surface area contributed by atoms with E-state index < -0.39 is 11.7 Å². The smallest absolute Gasteiger partial charge is 0.420 e. The lowest BCUT2D eigenvalue weighted by Crippen LogP contribution is -2.27. The molecule has 0 atom stereocenters. The Balaban J connectivity index is 2.90. The van der Waals surface area contributed by atoms with Gasteiger partial charge in [0, 0.05) is 0 Å². The van der Waals surface area contributed by atoms with Gasteiger partial charge < -0.3 is 4.74 Å². The van der Waals surface area contributed by atoms with Crippen LogP contribution in [0.5, 0.6) is 0 Å². The molecular formula is C9H11Br2NO2. The number of hydrogen-bond donors (Lipinski definition) is 0. The fourth-order valence-corrected chi connectivity index (χ4v) is 2.04. The second-order valence-electron chi connectivity index (χ2n) is 3.79. The van der Waals surface area contributed by atoms with E-state index in [2.05, 4.69) is 31.9 Å². The maximum Gasteiger partial charge on any atom is 0.420 e. The quantitative estimate of drug-likeness (QED) is 0.727. The number of rotatable bonds is 0. The highest BCUT2D eigenvalue weighted by Crippen LogP contribution is 2.22. The highest BCUT2D eigenvalue weighted by molar-refractivity contribution is 9.11. The van der Waals surface area contributed by atoms with Crippen molar-refractivity contribution in [1.29, 1.82) is 0 Å². The molecule has 0 radical (unpaired) electrons. The van der Waals surface area contributed by atoms with E-state index in [0.29, 0.717) is 9.21 Å². The van der Waals surface area contributed by atoms with Crippen LogP contribution in [-0.4, -0.2) is 16.3 Å². The fourth-order valence-electron chi connectivity index (χ4n) is 0.871. The molecule has 1 heterocycles. The van der Waals surface area contributed by atoms with Crippen LogP contribution in [0.3, 0.4) is 0 Å². The van der Waals surface area contributed by atoms with E-state index in [1.54, 1.807) is 12.1 Å². The number of nitrogens with zero attached hydrogens (tertiary/aromatic N) is 1. The third-order valence-electron chi connectivity index (χ3n) is 1.36. The molecule has 0 aliphatic carbocycles. The normalized spacial score (nSPS) is 11.5. The first-order valence-corrected chi connectivity index (χ1v) is 5.66. The van der Waals surface area contributed by atoms with Gasteiger partial charge in [-0.1, -0.05) is 0 Å². The molecule has 1 aromatic rings. The van der Waals surface area contributed by atoms with Crippen molar-refractivity contribution in [2.24, 2.45) is 0 Å². The number of halogens is 2. The largest absolute Gasteiger partial charge is 0.443 e. The minimum Gasteiger partial charge on any atom is -0.443 e. The Bertz CT molecular complexity index is 333. The third kappa shape index (κ3) is 2.85. The predicted octanol–water partition coefficient (Wildman–Crippen LogP) is 3.80. The summed E-state index contributed by atoms with van der Waals surface area (Å²) in [6, 6.07) is 3.54. The molecule has 0 aromatic carbocycles. The van der Waals surface area contributed by atoms with Gasteiger partial charge in [-0.05, 0) is 64.8 Å². The molecule has 14 heavy (non-hydrogen) atoms. The minimum atomic E-state index is -0.486. The lowest BCUT2D eigenvalue weighted by atomic mass is 10.2. The van der Waals surface area contributed by atoms with Crippen LogP contribution in [0.2, 0.25) is 0 Å². The monoisotopic (exact) mass is 323 g/mol. The summed E-state index contributed by atoms with van der Waals surface area (Å²) < 4.78 is 7.95. The Hall–Kier alpha value is -0.290. The molecule has 0 fully saturated rings. The second-order valence-corrected chi connectivity index (χ2v) is 5.42. The topological polar surface area (TPSA) is 31.2 Å². The molecular weight excluding hydrogens is 314 g/mol. The Labute approximate surface area is 99.7 Å². The van der Waals surface area contributed by atoms with E-state index in [1.807, 2.05) is 20.8 Å². The van der Waals surface area contributed by atoms with E-state index in [9.17, 15) is 4.79 Å². The van der Waals surface area contributed by atoms with Crippen molar-refractivity contribution in [3.05, 3.63) is 21.3 Å². The minimum absolute atomic E-state index is 0.402. The predicted molar refractivity (Wildman–Crippen MR) is 61.5 cm³/mol. The Morgan fingerprint density at radius 2 is 1.71 bits per heavy atom. The van der Waals surface area contributed by atoms with Crippen LogP contribution in [0.25, 0.3) is 0 Å². The van der Waals surface area contributed by atoms with Gasteiger partial charge in [0.25, 0.3) is 0 Å². The Morgan fingerprint density at radius 3 is 2.07 bits per heavy atom. The zero-order valence-electron chi connectivity index (χ0n) is 8.17. The summed E-state index contributed by atoms with van der Waals surface area (Å²) in [5.41, 5.74) is -0.486. The molecule has 0 saturated carbocycles. The van der Waals surface area contributed by atoms with Gasteiger partial charge in [-0.15, -0.1) is 0 Å². The number of ether oxygens (including phenoxy) is 1.